The van der Waals surface area contributed by atoms with E-state index in [1.807, 2.05) is 42.5 Å². The molecule has 98 valence electrons. The van der Waals surface area contributed by atoms with Gasteiger partial charge in [-0.2, -0.15) is 0 Å². The van der Waals surface area contributed by atoms with Gasteiger partial charge in [0.15, 0.2) is 5.75 Å². The Balaban J connectivity index is 2.08. The second-order valence-electron chi connectivity index (χ2n) is 4.34. The van der Waals surface area contributed by atoms with Gasteiger partial charge in [-0.3, -0.25) is 10.4 Å². The van der Waals surface area contributed by atoms with Crippen LogP contribution >= 0.6 is 0 Å². The SMILES string of the molecule is N=C(N)c1ccccc1Oc1cccc2cccnc12. The summed E-state index contributed by atoms with van der Waals surface area (Å²) in [5.74, 6) is 1.18. The summed E-state index contributed by atoms with van der Waals surface area (Å²) in [6.07, 6.45) is 1.73. The molecule has 0 aliphatic carbocycles. The number of nitrogens with zero attached hydrogens (tertiary/aromatic N) is 1. The van der Waals surface area contributed by atoms with E-state index in [-0.39, 0.29) is 5.84 Å². The van der Waals surface area contributed by atoms with Crippen LogP contribution in [0.3, 0.4) is 0 Å². The fourth-order valence-electron chi connectivity index (χ4n) is 2.06. The summed E-state index contributed by atoms with van der Waals surface area (Å²) in [6.45, 7) is 0. The predicted octanol–water partition coefficient (Wildman–Crippen LogP) is 3.31. The van der Waals surface area contributed by atoms with Crippen LogP contribution in [0.15, 0.2) is 60.8 Å². The Hall–Kier alpha value is -2.88. The van der Waals surface area contributed by atoms with Crippen LogP contribution in [0, 0.1) is 5.41 Å². The Morgan fingerprint density at radius 2 is 1.70 bits per heavy atom. The van der Waals surface area contributed by atoms with E-state index in [1.165, 1.54) is 0 Å². The maximum Gasteiger partial charge on any atom is 0.153 e. The van der Waals surface area contributed by atoms with Crippen LogP contribution < -0.4 is 10.5 Å². The molecular formula is C16H13N3O. The van der Waals surface area contributed by atoms with Crippen molar-refractivity contribution in [2.45, 2.75) is 0 Å². The Kier molecular flexibility index (Phi) is 3.05. The molecule has 20 heavy (non-hydrogen) atoms. The van der Waals surface area contributed by atoms with Crippen LogP contribution in [0.4, 0.5) is 0 Å². The van der Waals surface area contributed by atoms with E-state index in [4.69, 9.17) is 15.9 Å². The maximum atomic E-state index is 7.59. The second-order valence-corrected chi connectivity index (χ2v) is 4.34. The zero-order chi connectivity index (χ0) is 13.9. The summed E-state index contributed by atoms with van der Waals surface area (Å²) in [4.78, 5) is 4.34. The standard InChI is InChI=1S/C16H13N3O/c17-16(18)12-7-1-2-8-13(12)20-14-9-3-5-11-6-4-10-19-15(11)14/h1-10H,(H3,17,18). The van der Waals surface area contributed by atoms with Crippen molar-refractivity contribution >= 4 is 16.7 Å². The summed E-state index contributed by atoms with van der Waals surface area (Å²) in [7, 11) is 0. The van der Waals surface area contributed by atoms with Crippen LogP contribution in [-0.4, -0.2) is 10.8 Å². The lowest BCUT2D eigenvalue weighted by molar-refractivity contribution is 0.486. The number of para-hydroxylation sites is 2. The predicted molar refractivity (Wildman–Crippen MR) is 79.3 cm³/mol. The number of fused-ring (bicyclic) bond motifs is 1. The first kappa shape index (κ1) is 12.2. The molecule has 0 fully saturated rings. The van der Waals surface area contributed by atoms with E-state index in [1.54, 1.807) is 18.3 Å². The van der Waals surface area contributed by atoms with E-state index in [0.29, 0.717) is 17.1 Å². The molecule has 0 saturated heterocycles. The number of rotatable bonds is 3. The molecule has 0 atom stereocenters. The van der Waals surface area contributed by atoms with Crippen LogP contribution in [0.2, 0.25) is 0 Å². The minimum Gasteiger partial charge on any atom is -0.454 e. The highest BCUT2D eigenvalue weighted by Gasteiger charge is 2.09. The molecule has 4 nitrogen and oxygen atoms in total. The van der Waals surface area contributed by atoms with Crippen molar-refractivity contribution in [1.82, 2.24) is 4.98 Å². The lowest BCUT2D eigenvalue weighted by Gasteiger charge is -2.11. The van der Waals surface area contributed by atoms with Crippen molar-refractivity contribution in [2.24, 2.45) is 5.73 Å². The van der Waals surface area contributed by atoms with Crippen molar-refractivity contribution in [3.8, 4) is 11.5 Å². The molecule has 2 aromatic carbocycles. The average Bonchev–Trinajstić information content (AvgIpc) is 2.48. The van der Waals surface area contributed by atoms with Gasteiger partial charge < -0.3 is 10.5 Å². The van der Waals surface area contributed by atoms with Gasteiger partial charge in [0, 0.05) is 11.6 Å². The number of nitrogens with one attached hydrogen (secondary N) is 1. The van der Waals surface area contributed by atoms with Gasteiger partial charge in [0.1, 0.15) is 17.1 Å². The van der Waals surface area contributed by atoms with Gasteiger partial charge >= 0.3 is 0 Å². The molecule has 1 heterocycles. The minimum atomic E-state index is -0.0196. The largest absolute Gasteiger partial charge is 0.454 e. The van der Waals surface area contributed by atoms with E-state index < -0.39 is 0 Å². The molecule has 0 amide bonds. The van der Waals surface area contributed by atoms with Crippen molar-refractivity contribution in [2.75, 3.05) is 0 Å². The highest BCUT2D eigenvalue weighted by molar-refractivity contribution is 5.97. The molecule has 3 N–H and O–H groups in total. The lowest BCUT2D eigenvalue weighted by Crippen LogP contribution is -2.12. The number of hydrogen-bond acceptors (Lipinski definition) is 3. The summed E-state index contributed by atoms with van der Waals surface area (Å²) in [6, 6.07) is 16.8. The Labute approximate surface area is 116 Å². The number of pyridine rings is 1. The number of nitrogens with two attached hydrogens (primary N) is 1. The van der Waals surface area contributed by atoms with Crippen LogP contribution in [-0.2, 0) is 0 Å². The van der Waals surface area contributed by atoms with Crippen molar-refractivity contribution in [3.63, 3.8) is 0 Å². The average molecular weight is 263 g/mol. The quantitative estimate of drug-likeness (QED) is 0.562. The molecule has 0 aliphatic heterocycles. The summed E-state index contributed by atoms with van der Waals surface area (Å²) in [5.41, 5.74) is 6.92. The Morgan fingerprint density at radius 1 is 0.950 bits per heavy atom. The van der Waals surface area contributed by atoms with Gasteiger partial charge in [-0.25, -0.2) is 0 Å². The fraction of sp³-hybridized carbons (Fsp3) is 0. The van der Waals surface area contributed by atoms with Gasteiger partial charge in [0.25, 0.3) is 0 Å². The molecular weight excluding hydrogens is 250 g/mol. The lowest BCUT2D eigenvalue weighted by atomic mass is 10.1. The third kappa shape index (κ3) is 2.19. The molecule has 1 aromatic heterocycles. The Morgan fingerprint density at radius 3 is 2.55 bits per heavy atom. The van der Waals surface area contributed by atoms with Gasteiger partial charge in [-0.05, 0) is 24.3 Å². The molecule has 0 unspecified atom stereocenters. The fourth-order valence-corrected chi connectivity index (χ4v) is 2.06. The van der Waals surface area contributed by atoms with Crippen molar-refractivity contribution in [3.05, 3.63) is 66.4 Å². The maximum absolute atomic E-state index is 7.59. The summed E-state index contributed by atoms with van der Waals surface area (Å²) >= 11 is 0. The zero-order valence-electron chi connectivity index (χ0n) is 10.7. The molecule has 0 saturated carbocycles. The smallest absolute Gasteiger partial charge is 0.153 e. The van der Waals surface area contributed by atoms with Crippen molar-refractivity contribution in [1.29, 1.82) is 5.41 Å². The van der Waals surface area contributed by atoms with E-state index in [2.05, 4.69) is 4.98 Å². The van der Waals surface area contributed by atoms with Gasteiger partial charge in [0.05, 0.1) is 5.56 Å². The number of benzene rings is 2. The number of nitrogen functional groups attached to an aromatic ring is 1. The van der Waals surface area contributed by atoms with Crippen LogP contribution in [0.25, 0.3) is 10.9 Å². The van der Waals surface area contributed by atoms with Crippen LogP contribution in [0.1, 0.15) is 5.56 Å². The first-order chi connectivity index (χ1) is 9.75. The summed E-state index contributed by atoms with van der Waals surface area (Å²) in [5, 5.41) is 8.59. The first-order valence-electron chi connectivity index (χ1n) is 6.21. The molecule has 3 aromatic rings. The summed E-state index contributed by atoms with van der Waals surface area (Å²) < 4.78 is 5.90. The van der Waals surface area contributed by atoms with Gasteiger partial charge in [-0.1, -0.05) is 30.3 Å². The highest BCUT2D eigenvalue weighted by Crippen LogP contribution is 2.30. The van der Waals surface area contributed by atoms with Crippen LogP contribution in [0.5, 0.6) is 11.5 Å². The Bertz CT molecular complexity index is 778. The topological polar surface area (TPSA) is 72.0 Å². The second kappa shape index (κ2) is 5.01. The van der Waals surface area contributed by atoms with Gasteiger partial charge in [0.2, 0.25) is 0 Å². The molecule has 0 aliphatic rings. The molecule has 4 heteroatoms. The molecule has 0 bridgehead atoms. The number of ether oxygens (including phenoxy) is 1. The van der Waals surface area contributed by atoms with E-state index in [9.17, 15) is 0 Å². The number of hydrogen-bond donors (Lipinski definition) is 2. The minimum absolute atomic E-state index is 0.0196. The number of aromatic nitrogens is 1. The number of amidine groups is 1. The first-order valence-corrected chi connectivity index (χ1v) is 6.21. The third-order valence-corrected chi connectivity index (χ3v) is 2.99. The zero-order valence-corrected chi connectivity index (χ0v) is 10.7. The van der Waals surface area contributed by atoms with E-state index >= 15 is 0 Å². The normalized spacial score (nSPS) is 10.4. The highest BCUT2D eigenvalue weighted by atomic mass is 16.5. The monoisotopic (exact) mass is 263 g/mol. The van der Waals surface area contributed by atoms with Gasteiger partial charge in [-0.15, -0.1) is 0 Å². The molecule has 3 rings (SSSR count). The van der Waals surface area contributed by atoms with E-state index in [0.717, 1.165) is 10.9 Å². The molecule has 0 radical (unpaired) electrons. The van der Waals surface area contributed by atoms with Crippen molar-refractivity contribution < 1.29 is 4.74 Å². The third-order valence-electron chi connectivity index (χ3n) is 2.99. The molecule has 0 spiro atoms.